The minimum atomic E-state index is -1.14. The molecule has 0 radical (unpaired) electrons. The van der Waals surface area contributed by atoms with Crippen LogP contribution in [0.2, 0.25) is 0 Å². The SMILES string of the molecule is C=CC(=O)O.O=C(O)/C=C/c1ccc2c(c1)C(=O)N(C1CCC(=O)NC1=O)C2=O.O=C1CCC(N2C(=O)c3ccc(Br)cc3C2=O)C(=O)N1. The Morgan fingerprint density at radius 1 is 0.694 bits per heavy atom. The Morgan fingerprint density at radius 2 is 1.12 bits per heavy atom. The van der Waals surface area contributed by atoms with Gasteiger partial charge in [-0.2, -0.15) is 0 Å². The number of nitrogens with zero attached hydrogens (tertiary/aromatic N) is 2. The number of carbonyl (C=O) groups excluding carboxylic acids is 8. The zero-order chi connectivity index (χ0) is 36.2. The molecule has 2 fully saturated rings. The van der Waals surface area contributed by atoms with Gasteiger partial charge >= 0.3 is 11.9 Å². The molecule has 17 heteroatoms. The third-order valence-corrected chi connectivity index (χ3v) is 7.95. The number of imide groups is 4. The number of nitrogens with one attached hydrogen (secondary N) is 2. The van der Waals surface area contributed by atoms with E-state index in [1.807, 2.05) is 0 Å². The lowest BCUT2D eigenvalue weighted by Crippen LogP contribution is -2.54. The molecule has 0 aromatic heterocycles. The molecule has 8 amide bonds. The van der Waals surface area contributed by atoms with Crippen molar-refractivity contribution >= 4 is 81.2 Å². The summed E-state index contributed by atoms with van der Waals surface area (Å²) in [6.45, 7) is 2.96. The maximum absolute atomic E-state index is 12.5. The van der Waals surface area contributed by atoms with Gasteiger partial charge in [-0.3, -0.25) is 58.8 Å². The second kappa shape index (κ2) is 14.8. The van der Waals surface area contributed by atoms with Gasteiger partial charge in [0.15, 0.2) is 0 Å². The van der Waals surface area contributed by atoms with Crippen LogP contribution in [0.4, 0.5) is 0 Å². The zero-order valence-electron chi connectivity index (χ0n) is 25.1. The molecular formula is C32H25BrN4O12. The van der Waals surface area contributed by atoms with E-state index in [0.717, 1.165) is 22.0 Å². The first kappa shape index (κ1) is 35.7. The van der Waals surface area contributed by atoms with Crippen LogP contribution < -0.4 is 10.6 Å². The summed E-state index contributed by atoms with van der Waals surface area (Å²) in [5, 5.41) is 20.5. The molecule has 2 unspecified atom stereocenters. The number of fused-ring (bicyclic) bond motifs is 2. The molecule has 2 atom stereocenters. The first-order valence-electron chi connectivity index (χ1n) is 14.3. The van der Waals surface area contributed by atoms with Crippen molar-refractivity contribution in [2.24, 2.45) is 0 Å². The van der Waals surface area contributed by atoms with E-state index >= 15 is 0 Å². The Labute approximate surface area is 284 Å². The fourth-order valence-electron chi connectivity index (χ4n) is 5.20. The zero-order valence-corrected chi connectivity index (χ0v) is 26.7. The predicted octanol–water partition coefficient (Wildman–Crippen LogP) is 1.29. The number of aliphatic carboxylic acids is 2. The van der Waals surface area contributed by atoms with Crippen molar-refractivity contribution in [3.05, 3.63) is 87.4 Å². The van der Waals surface area contributed by atoms with Crippen molar-refractivity contribution < 1.29 is 58.2 Å². The summed E-state index contributed by atoms with van der Waals surface area (Å²) in [6.07, 6.45) is 3.47. The van der Waals surface area contributed by atoms with Crippen LogP contribution in [-0.2, 0) is 28.8 Å². The molecule has 4 heterocycles. The first-order chi connectivity index (χ1) is 23.1. The molecule has 6 rings (SSSR count). The van der Waals surface area contributed by atoms with Gasteiger partial charge in [0.05, 0.1) is 22.3 Å². The highest BCUT2D eigenvalue weighted by atomic mass is 79.9. The van der Waals surface area contributed by atoms with Crippen LogP contribution in [0.5, 0.6) is 0 Å². The number of hydrogen-bond donors (Lipinski definition) is 4. The maximum atomic E-state index is 12.5. The molecule has 4 N–H and O–H groups in total. The van der Waals surface area contributed by atoms with E-state index in [0.29, 0.717) is 10.0 Å². The number of hydrogen-bond acceptors (Lipinski definition) is 10. The largest absolute Gasteiger partial charge is 0.478 e. The van der Waals surface area contributed by atoms with E-state index in [4.69, 9.17) is 10.2 Å². The van der Waals surface area contributed by atoms with E-state index in [9.17, 15) is 47.9 Å². The summed E-state index contributed by atoms with van der Waals surface area (Å²) in [5.41, 5.74) is 1.26. The summed E-state index contributed by atoms with van der Waals surface area (Å²) in [5.74, 6) is -6.43. The van der Waals surface area contributed by atoms with E-state index in [1.54, 1.807) is 18.2 Å². The van der Waals surface area contributed by atoms with Crippen molar-refractivity contribution in [3.63, 3.8) is 0 Å². The van der Waals surface area contributed by atoms with Gasteiger partial charge in [0.1, 0.15) is 12.1 Å². The van der Waals surface area contributed by atoms with Gasteiger partial charge in [-0.15, -0.1) is 0 Å². The minimum Gasteiger partial charge on any atom is -0.478 e. The van der Waals surface area contributed by atoms with Gasteiger partial charge in [0.2, 0.25) is 23.6 Å². The smallest absolute Gasteiger partial charge is 0.328 e. The van der Waals surface area contributed by atoms with Gasteiger partial charge < -0.3 is 10.2 Å². The van der Waals surface area contributed by atoms with Crippen molar-refractivity contribution in [2.75, 3.05) is 0 Å². The third kappa shape index (κ3) is 7.73. The topological polar surface area (TPSA) is 242 Å². The second-order valence-electron chi connectivity index (χ2n) is 10.6. The van der Waals surface area contributed by atoms with E-state index in [2.05, 4.69) is 33.1 Å². The number of carboxylic acid groups (broad SMARTS) is 2. The summed E-state index contributed by atoms with van der Waals surface area (Å²) in [7, 11) is 0. The Hall–Kier alpha value is -6.10. The lowest BCUT2D eigenvalue weighted by atomic mass is 10.0. The molecule has 0 spiro atoms. The van der Waals surface area contributed by atoms with Crippen molar-refractivity contribution in [1.29, 1.82) is 0 Å². The van der Waals surface area contributed by atoms with Crippen LogP contribution >= 0.6 is 15.9 Å². The minimum absolute atomic E-state index is 0.0520. The van der Waals surface area contributed by atoms with E-state index in [-0.39, 0.29) is 53.8 Å². The monoisotopic (exact) mass is 736 g/mol. The number of amides is 8. The van der Waals surface area contributed by atoms with E-state index in [1.165, 1.54) is 24.3 Å². The summed E-state index contributed by atoms with van der Waals surface area (Å²) in [6, 6.07) is 7.17. The number of rotatable bonds is 5. The first-order valence-corrected chi connectivity index (χ1v) is 15.1. The lowest BCUT2D eigenvalue weighted by Gasteiger charge is -2.27. The molecule has 2 aromatic rings. The summed E-state index contributed by atoms with van der Waals surface area (Å²) >= 11 is 3.24. The number of carboxylic acids is 2. The van der Waals surface area contributed by atoms with Crippen molar-refractivity contribution in [3.8, 4) is 0 Å². The molecular weight excluding hydrogens is 712 g/mol. The molecule has 2 saturated heterocycles. The molecule has 0 aliphatic carbocycles. The third-order valence-electron chi connectivity index (χ3n) is 7.46. The Kier molecular flexibility index (Phi) is 10.8. The molecule has 49 heavy (non-hydrogen) atoms. The van der Waals surface area contributed by atoms with Gasteiger partial charge in [-0.05, 0) is 54.8 Å². The molecule has 2 aromatic carbocycles. The number of piperidine rings is 2. The number of benzene rings is 2. The van der Waals surface area contributed by atoms with Crippen molar-refractivity contribution in [1.82, 2.24) is 20.4 Å². The number of halogens is 1. The van der Waals surface area contributed by atoms with Crippen LogP contribution in [0.25, 0.3) is 6.08 Å². The quantitative estimate of drug-likeness (QED) is 0.251. The maximum Gasteiger partial charge on any atom is 0.328 e. The average Bonchev–Trinajstić information content (AvgIpc) is 3.44. The highest BCUT2D eigenvalue weighted by Crippen LogP contribution is 2.30. The molecule has 4 aliphatic rings. The summed E-state index contributed by atoms with van der Waals surface area (Å²) in [4.78, 5) is 117. The Balaban J connectivity index is 0.000000197. The van der Waals surface area contributed by atoms with Crippen molar-refractivity contribution in [2.45, 2.75) is 37.8 Å². The summed E-state index contributed by atoms with van der Waals surface area (Å²) < 4.78 is 0.683. The van der Waals surface area contributed by atoms with Gasteiger partial charge in [0, 0.05) is 29.5 Å². The Morgan fingerprint density at radius 3 is 1.55 bits per heavy atom. The van der Waals surface area contributed by atoms with E-state index < -0.39 is 65.4 Å². The molecule has 0 bridgehead atoms. The Bertz CT molecular complexity index is 1900. The fraction of sp³-hybridized carbons (Fsp3) is 0.188. The highest BCUT2D eigenvalue weighted by Gasteiger charge is 2.45. The van der Waals surface area contributed by atoms with Gasteiger partial charge in [-0.25, -0.2) is 9.59 Å². The highest BCUT2D eigenvalue weighted by molar-refractivity contribution is 9.10. The standard InChI is InChI=1S/C16H12N2O6.C13H9BrN2O4.C3H4O2/c19-12-5-4-11(14(22)17-12)18-15(23)9-3-1-8(2-6-13(20)21)7-10(9)16(18)24;14-6-1-2-7-8(5-6)13(20)16(12(7)19)9-3-4-10(17)15-11(9)18;1-2-3(4)5/h1-3,6-7,11H,4-5H2,(H,20,21)(H,17,19,22);1-2,5,9H,3-4H2,(H,15,17,18);2H,1H2,(H,4,5)/b6-2+;;. The molecule has 16 nitrogen and oxygen atoms in total. The van der Waals surface area contributed by atoms with Crippen LogP contribution in [0.3, 0.4) is 0 Å². The number of carbonyl (C=O) groups is 10. The molecule has 252 valence electrons. The van der Waals surface area contributed by atoms with Crippen LogP contribution in [0, 0.1) is 0 Å². The second-order valence-corrected chi connectivity index (χ2v) is 11.5. The molecule has 4 aliphatic heterocycles. The fourth-order valence-corrected chi connectivity index (χ4v) is 5.56. The normalized spacial score (nSPS) is 19.7. The van der Waals surface area contributed by atoms with Gasteiger partial charge in [0.25, 0.3) is 23.6 Å². The molecule has 0 saturated carbocycles. The average molecular weight is 737 g/mol. The predicted molar refractivity (Wildman–Crippen MR) is 168 cm³/mol. The van der Waals surface area contributed by atoms with Crippen LogP contribution in [0.1, 0.15) is 72.7 Å². The lowest BCUT2D eigenvalue weighted by molar-refractivity contribution is -0.137. The van der Waals surface area contributed by atoms with Gasteiger partial charge in [-0.1, -0.05) is 28.6 Å². The van der Waals surface area contributed by atoms with Crippen LogP contribution in [-0.4, -0.2) is 91.3 Å². The van der Waals surface area contributed by atoms with Crippen LogP contribution in [0.15, 0.2) is 59.6 Å².